The molecule has 200 valence electrons. The molecule has 0 spiro atoms. The Labute approximate surface area is 255 Å². The molecule has 1 heteroatoms. The maximum absolute atomic E-state index is 9.35. The summed E-state index contributed by atoms with van der Waals surface area (Å²) < 4.78 is 42.6. The summed E-state index contributed by atoms with van der Waals surface area (Å²) in [5.74, 6) is 1.58. The molecule has 1 aliphatic rings. The van der Waals surface area contributed by atoms with Crippen LogP contribution in [0.3, 0.4) is 0 Å². The van der Waals surface area contributed by atoms with Crippen molar-refractivity contribution in [2.45, 2.75) is 0 Å². The molecule has 0 amide bonds. The fourth-order valence-corrected chi connectivity index (χ4v) is 6.74. The lowest BCUT2D eigenvalue weighted by Gasteiger charge is -2.24. The van der Waals surface area contributed by atoms with E-state index in [2.05, 4.69) is 60.7 Å². The van der Waals surface area contributed by atoms with Crippen molar-refractivity contribution >= 4 is 32.3 Å². The predicted molar refractivity (Wildman–Crippen MR) is 181 cm³/mol. The predicted octanol–water partition coefficient (Wildman–Crippen LogP) is 11.9. The molecule has 0 unspecified atom stereocenters. The zero-order valence-electron chi connectivity index (χ0n) is 27.1. The van der Waals surface area contributed by atoms with Crippen LogP contribution in [0.2, 0.25) is 0 Å². The standard InChI is InChI=1S/C42H26O/c1-2-12-27(13-3-1)28-14-10-15-29(26-28)40-32-17-4-6-19-34(32)41(35-20-7-5-18-33(35)40)37-24-25-39-42-31(21-11-22-36(37)42)30-16-8-9-23-38(30)43-39/h1-26H/i4D,6D,17D,19D. The highest BCUT2D eigenvalue weighted by atomic mass is 16.5. The largest absolute Gasteiger partial charge is 0.456 e. The van der Waals surface area contributed by atoms with Crippen LogP contribution in [0, 0.1) is 0 Å². The summed E-state index contributed by atoms with van der Waals surface area (Å²) in [6.07, 6.45) is 0. The van der Waals surface area contributed by atoms with Gasteiger partial charge in [0.15, 0.2) is 0 Å². The van der Waals surface area contributed by atoms with Crippen molar-refractivity contribution in [1.29, 1.82) is 0 Å². The summed E-state index contributed by atoms with van der Waals surface area (Å²) in [7, 11) is 0. The van der Waals surface area contributed by atoms with Gasteiger partial charge >= 0.3 is 0 Å². The Morgan fingerprint density at radius 3 is 1.88 bits per heavy atom. The van der Waals surface area contributed by atoms with Crippen molar-refractivity contribution in [2.24, 2.45) is 0 Å². The van der Waals surface area contributed by atoms with Crippen LogP contribution in [0.1, 0.15) is 5.48 Å². The van der Waals surface area contributed by atoms with Crippen LogP contribution in [-0.2, 0) is 0 Å². The van der Waals surface area contributed by atoms with Gasteiger partial charge in [0.2, 0.25) is 0 Å². The van der Waals surface area contributed by atoms with E-state index < -0.39 is 0 Å². The summed E-state index contributed by atoms with van der Waals surface area (Å²) in [4.78, 5) is 0. The quantitative estimate of drug-likeness (QED) is 0.199. The second kappa shape index (κ2) is 9.44. The molecule has 0 saturated carbocycles. The third-order valence-electron chi connectivity index (χ3n) is 8.58. The second-order valence-electron chi connectivity index (χ2n) is 10.9. The molecule has 0 radical (unpaired) electrons. The maximum atomic E-state index is 9.35. The van der Waals surface area contributed by atoms with Gasteiger partial charge in [-0.25, -0.2) is 0 Å². The molecular weight excluding hydrogens is 520 g/mol. The Morgan fingerprint density at radius 2 is 1.02 bits per heavy atom. The molecule has 1 heterocycles. The van der Waals surface area contributed by atoms with E-state index >= 15 is 0 Å². The minimum absolute atomic E-state index is 0.0480. The molecule has 0 aromatic heterocycles. The van der Waals surface area contributed by atoms with Crippen LogP contribution in [-0.4, -0.2) is 0 Å². The summed E-state index contributed by atoms with van der Waals surface area (Å²) in [6, 6.07) is 44.3. The first-order chi connectivity index (χ1) is 23.0. The van der Waals surface area contributed by atoms with E-state index in [0.717, 1.165) is 77.6 Å². The van der Waals surface area contributed by atoms with Gasteiger partial charge in [0.05, 0.1) is 5.48 Å². The van der Waals surface area contributed by atoms with Gasteiger partial charge < -0.3 is 4.74 Å². The number of rotatable bonds is 3. The first kappa shape index (κ1) is 20.3. The van der Waals surface area contributed by atoms with Gasteiger partial charge in [-0.1, -0.05) is 133 Å². The minimum atomic E-state index is -0.247. The Hall–Kier alpha value is -5.66. The highest BCUT2D eigenvalue weighted by molar-refractivity contribution is 6.24. The second-order valence-corrected chi connectivity index (χ2v) is 10.9. The maximum Gasteiger partial charge on any atom is 0.135 e. The highest BCUT2D eigenvalue weighted by Gasteiger charge is 2.23. The Bertz CT molecular complexity index is 2590. The van der Waals surface area contributed by atoms with E-state index in [-0.39, 0.29) is 24.2 Å². The molecule has 0 N–H and O–H groups in total. The highest BCUT2D eigenvalue weighted by Crippen LogP contribution is 2.51. The van der Waals surface area contributed by atoms with Crippen LogP contribution in [0.4, 0.5) is 0 Å². The van der Waals surface area contributed by atoms with E-state index in [0.29, 0.717) is 10.8 Å². The normalized spacial score (nSPS) is 13.2. The van der Waals surface area contributed by atoms with Gasteiger partial charge in [0.1, 0.15) is 11.5 Å². The molecule has 1 nitrogen and oxygen atoms in total. The Kier molecular flexibility index (Phi) is 4.45. The van der Waals surface area contributed by atoms with Gasteiger partial charge in [0.25, 0.3) is 0 Å². The van der Waals surface area contributed by atoms with Crippen LogP contribution < -0.4 is 4.74 Å². The number of para-hydroxylation sites is 1. The Balaban J connectivity index is 1.44. The molecule has 8 aromatic rings. The molecule has 0 bridgehead atoms. The van der Waals surface area contributed by atoms with E-state index in [1.165, 1.54) is 0 Å². The SMILES string of the molecule is [2H]c1c([2H])c([2H])c2c(-c3ccc4c5c(cccc35)-c3ccccc3O4)c3ccccc3c(-c3cccc(-c4ccccc4)c3)c2c1[2H]. The van der Waals surface area contributed by atoms with Crippen LogP contribution in [0.15, 0.2) is 158 Å². The van der Waals surface area contributed by atoms with E-state index in [9.17, 15) is 2.74 Å². The monoisotopic (exact) mass is 550 g/mol. The Morgan fingerprint density at radius 1 is 0.395 bits per heavy atom. The molecule has 43 heavy (non-hydrogen) atoms. The number of fused-ring (bicyclic) bond motifs is 4. The van der Waals surface area contributed by atoms with Crippen LogP contribution in [0.25, 0.3) is 76.8 Å². The third kappa shape index (κ3) is 3.65. The fourth-order valence-electron chi connectivity index (χ4n) is 6.74. The van der Waals surface area contributed by atoms with Crippen molar-refractivity contribution < 1.29 is 10.2 Å². The molecule has 1 aliphatic heterocycles. The van der Waals surface area contributed by atoms with Crippen LogP contribution >= 0.6 is 0 Å². The zero-order chi connectivity index (χ0) is 31.8. The van der Waals surface area contributed by atoms with Gasteiger partial charge in [-0.3, -0.25) is 0 Å². The number of benzene rings is 8. The van der Waals surface area contributed by atoms with Crippen molar-refractivity contribution in [1.82, 2.24) is 0 Å². The molecule has 0 saturated heterocycles. The average molecular weight is 551 g/mol. The molecule has 0 atom stereocenters. The van der Waals surface area contributed by atoms with Crippen molar-refractivity contribution in [3.8, 4) is 56.0 Å². The van der Waals surface area contributed by atoms with Gasteiger partial charge in [0, 0.05) is 10.9 Å². The van der Waals surface area contributed by atoms with Gasteiger partial charge in [-0.2, -0.15) is 0 Å². The lowest BCUT2D eigenvalue weighted by molar-refractivity contribution is 0.487. The molecule has 0 fully saturated rings. The third-order valence-corrected chi connectivity index (χ3v) is 8.58. The first-order valence-corrected chi connectivity index (χ1v) is 14.4. The lowest BCUT2D eigenvalue weighted by atomic mass is 9.83. The fraction of sp³-hybridized carbons (Fsp3) is 0. The average Bonchev–Trinajstić information content (AvgIpc) is 3.13. The molecule has 0 aliphatic carbocycles. The van der Waals surface area contributed by atoms with E-state index in [1.54, 1.807) is 0 Å². The summed E-state index contributed by atoms with van der Waals surface area (Å²) in [5.41, 5.74) is 7.58. The number of hydrogen-bond acceptors (Lipinski definition) is 1. The summed E-state index contributed by atoms with van der Waals surface area (Å²) >= 11 is 0. The van der Waals surface area contributed by atoms with Crippen molar-refractivity contribution in [3.63, 3.8) is 0 Å². The molecule has 8 aromatic carbocycles. The lowest BCUT2D eigenvalue weighted by Crippen LogP contribution is -1.98. The van der Waals surface area contributed by atoms with E-state index in [4.69, 9.17) is 7.48 Å². The zero-order valence-corrected chi connectivity index (χ0v) is 23.1. The van der Waals surface area contributed by atoms with Crippen molar-refractivity contribution in [2.75, 3.05) is 0 Å². The minimum Gasteiger partial charge on any atom is -0.456 e. The smallest absolute Gasteiger partial charge is 0.135 e. The van der Waals surface area contributed by atoms with Crippen molar-refractivity contribution in [3.05, 3.63) is 158 Å². The first-order valence-electron chi connectivity index (χ1n) is 16.4. The van der Waals surface area contributed by atoms with Gasteiger partial charge in [-0.05, 0) is 90.1 Å². The summed E-state index contributed by atoms with van der Waals surface area (Å²) in [5, 5.41) is 4.81. The van der Waals surface area contributed by atoms with E-state index in [1.807, 2.05) is 72.8 Å². The number of ether oxygens (including phenoxy) is 1. The summed E-state index contributed by atoms with van der Waals surface area (Å²) in [6.45, 7) is 0. The number of hydrogen-bond donors (Lipinski definition) is 0. The van der Waals surface area contributed by atoms with Gasteiger partial charge in [-0.15, -0.1) is 0 Å². The molecule has 9 rings (SSSR count). The van der Waals surface area contributed by atoms with Crippen LogP contribution in [0.5, 0.6) is 11.5 Å². The topological polar surface area (TPSA) is 9.23 Å². The molecular formula is C42H26O.